The van der Waals surface area contributed by atoms with Crippen molar-refractivity contribution < 1.29 is 9.59 Å². The zero-order valence-electron chi connectivity index (χ0n) is 13.9. The largest absolute Gasteiger partial charge is 0.356 e. The molecule has 0 unspecified atom stereocenters. The Bertz CT molecular complexity index is 526. The van der Waals surface area contributed by atoms with Crippen LogP contribution in [0.15, 0.2) is 12.3 Å². The summed E-state index contributed by atoms with van der Waals surface area (Å²) in [6, 6.07) is 1.62. The summed E-state index contributed by atoms with van der Waals surface area (Å²) in [7, 11) is 4.19. The highest BCUT2D eigenvalue weighted by Gasteiger charge is 2.33. The van der Waals surface area contributed by atoms with Crippen molar-refractivity contribution >= 4 is 11.7 Å². The molecule has 1 aromatic rings. The van der Waals surface area contributed by atoms with Gasteiger partial charge in [-0.1, -0.05) is 25.7 Å². The van der Waals surface area contributed by atoms with Gasteiger partial charge in [0.1, 0.15) is 5.69 Å². The molecule has 1 aliphatic rings. The number of amides is 1. The number of carbonyl (C=O) groups is 2. The Kier molecular flexibility index (Phi) is 5.40. The van der Waals surface area contributed by atoms with Gasteiger partial charge in [-0.15, -0.1) is 0 Å². The maximum Gasteiger partial charge on any atom is 0.267 e. The highest BCUT2D eigenvalue weighted by atomic mass is 16.2. The van der Waals surface area contributed by atoms with E-state index in [4.69, 9.17) is 0 Å². The molecule has 0 aliphatic heterocycles. The van der Waals surface area contributed by atoms with Crippen LogP contribution < -0.4 is 5.32 Å². The summed E-state index contributed by atoms with van der Waals surface area (Å²) in [4.78, 5) is 28.7. The van der Waals surface area contributed by atoms with Crippen molar-refractivity contribution in [2.45, 2.75) is 51.0 Å². The van der Waals surface area contributed by atoms with E-state index in [2.05, 4.69) is 29.3 Å². The van der Waals surface area contributed by atoms with Gasteiger partial charge in [0.05, 0.1) is 0 Å². The van der Waals surface area contributed by atoms with Gasteiger partial charge in [0.15, 0.2) is 5.78 Å². The highest BCUT2D eigenvalue weighted by molar-refractivity contribution is 5.99. The Morgan fingerprint density at radius 3 is 2.36 bits per heavy atom. The second kappa shape index (κ2) is 7.09. The normalized spacial score (nSPS) is 18.0. The van der Waals surface area contributed by atoms with Crippen LogP contribution in [0.5, 0.6) is 0 Å². The molecule has 1 amide bonds. The molecular weight excluding hydrogens is 278 g/mol. The third-order valence-corrected chi connectivity index (χ3v) is 4.90. The lowest BCUT2D eigenvalue weighted by atomic mass is 9.88. The van der Waals surface area contributed by atoms with E-state index in [1.165, 1.54) is 32.6 Å². The maximum atomic E-state index is 12.3. The molecular formula is C17H27N3O2. The first-order valence-corrected chi connectivity index (χ1v) is 8.10. The fourth-order valence-electron chi connectivity index (χ4n) is 3.24. The number of likely N-dealkylation sites (N-methyl/N-ethyl adjacent to an activating group) is 1. The molecule has 0 radical (unpaired) electrons. The number of nitrogens with zero attached hydrogens (tertiary/aromatic N) is 1. The molecule has 22 heavy (non-hydrogen) atoms. The van der Waals surface area contributed by atoms with Crippen LogP contribution in [0, 0.1) is 0 Å². The molecule has 1 fully saturated rings. The minimum atomic E-state index is -0.141. The van der Waals surface area contributed by atoms with Crippen molar-refractivity contribution in [2.24, 2.45) is 0 Å². The number of H-pyrrole nitrogens is 1. The van der Waals surface area contributed by atoms with Crippen molar-refractivity contribution in [2.75, 3.05) is 20.6 Å². The van der Waals surface area contributed by atoms with Crippen LogP contribution in [0.2, 0.25) is 0 Å². The van der Waals surface area contributed by atoms with Crippen molar-refractivity contribution in [3.05, 3.63) is 23.5 Å². The third kappa shape index (κ3) is 3.77. The lowest BCUT2D eigenvalue weighted by Gasteiger charge is -2.39. The van der Waals surface area contributed by atoms with Crippen molar-refractivity contribution in [3.8, 4) is 0 Å². The molecule has 5 nitrogen and oxygen atoms in total. The van der Waals surface area contributed by atoms with E-state index < -0.39 is 0 Å². The van der Waals surface area contributed by atoms with Crippen LogP contribution in [-0.4, -0.2) is 47.8 Å². The van der Waals surface area contributed by atoms with Crippen LogP contribution >= 0.6 is 0 Å². The lowest BCUT2D eigenvalue weighted by Crippen LogP contribution is -2.52. The zero-order valence-corrected chi connectivity index (χ0v) is 13.9. The summed E-state index contributed by atoms with van der Waals surface area (Å²) >= 11 is 0. The number of aromatic nitrogens is 1. The average Bonchev–Trinajstić information content (AvgIpc) is 2.85. The maximum absolute atomic E-state index is 12.3. The summed E-state index contributed by atoms with van der Waals surface area (Å²) in [5.41, 5.74) is 1.04. The summed E-state index contributed by atoms with van der Waals surface area (Å²) in [5, 5.41) is 3.05. The van der Waals surface area contributed by atoms with Gasteiger partial charge in [0.25, 0.3) is 5.91 Å². The fraction of sp³-hybridized carbons (Fsp3) is 0.647. The second-order valence-corrected chi connectivity index (χ2v) is 6.57. The van der Waals surface area contributed by atoms with E-state index >= 15 is 0 Å². The van der Waals surface area contributed by atoms with E-state index in [9.17, 15) is 9.59 Å². The SMILES string of the molecule is CC(=O)c1c[nH]c(C(=O)NCC2(N(C)C)CCCCCC2)c1. The van der Waals surface area contributed by atoms with Gasteiger partial charge in [-0.3, -0.25) is 9.59 Å². The van der Waals surface area contributed by atoms with Crippen LogP contribution in [0.3, 0.4) is 0 Å². The molecule has 0 spiro atoms. The molecule has 0 saturated heterocycles. The van der Waals surface area contributed by atoms with Crippen LogP contribution in [-0.2, 0) is 0 Å². The predicted molar refractivity (Wildman–Crippen MR) is 87.3 cm³/mol. The van der Waals surface area contributed by atoms with E-state index in [1.807, 2.05) is 0 Å². The van der Waals surface area contributed by atoms with E-state index in [0.717, 1.165) is 12.8 Å². The van der Waals surface area contributed by atoms with Crippen molar-refractivity contribution in [3.63, 3.8) is 0 Å². The zero-order chi connectivity index (χ0) is 16.2. The van der Waals surface area contributed by atoms with Gasteiger partial charge in [-0.05, 0) is 39.9 Å². The smallest absolute Gasteiger partial charge is 0.267 e. The van der Waals surface area contributed by atoms with E-state index in [0.29, 0.717) is 17.8 Å². The standard InChI is InChI=1S/C17H27N3O2/c1-13(21)14-10-15(18-11-14)16(22)19-12-17(20(2)3)8-6-4-5-7-9-17/h10-11,18H,4-9,12H2,1-3H3,(H,19,22). The molecule has 1 aliphatic carbocycles. The number of nitrogens with one attached hydrogen (secondary N) is 2. The molecule has 2 N–H and O–H groups in total. The van der Waals surface area contributed by atoms with Gasteiger partial charge in [0, 0.05) is 23.8 Å². The third-order valence-electron chi connectivity index (χ3n) is 4.90. The summed E-state index contributed by atoms with van der Waals surface area (Å²) in [6.07, 6.45) is 8.80. The minimum Gasteiger partial charge on any atom is -0.356 e. The first-order chi connectivity index (χ1) is 10.4. The lowest BCUT2D eigenvalue weighted by molar-refractivity contribution is 0.0865. The van der Waals surface area contributed by atoms with Gasteiger partial charge in [-0.2, -0.15) is 0 Å². The monoisotopic (exact) mass is 305 g/mol. The number of hydrogen-bond acceptors (Lipinski definition) is 3. The number of ketones is 1. The van der Waals surface area contributed by atoms with Gasteiger partial charge in [-0.25, -0.2) is 0 Å². The number of Topliss-reactive ketones (excluding diaryl/α,β-unsaturated/α-hetero) is 1. The minimum absolute atomic E-state index is 0.0381. The number of aromatic amines is 1. The van der Waals surface area contributed by atoms with E-state index in [1.54, 1.807) is 12.3 Å². The Balaban J connectivity index is 2.01. The first-order valence-electron chi connectivity index (χ1n) is 8.10. The van der Waals surface area contributed by atoms with E-state index in [-0.39, 0.29) is 17.2 Å². The van der Waals surface area contributed by atoms with Gasteiger partial charge in [0.2, 0.25) is 0 Å². The Morgan fingerprint density at radius 1 is 1.23 bits per heavy atom. The highest BCUT2D eigenvalue weighted by Crippen LogP contribution is 2.30. The molecule has 5 heteroatoms. The topological polar surface area (TPSA) is 65.2 Å². The van der Waals surface area contributed by atoms with Crippen molar-refractivity contribution in [1.29, 1.82) is 0 Å². The molecule has 1 aromatic heterocycles. The number of hydrogen-bond donors (Lipinski definition) is 2. The van der Waals surface area contributed by atoms with Crippen LogP contribution in [0.25, 0.3) is 0 Å². The molecule has 0 bridgehead atoms. The van der Waals surface area contributed by atoms with Crippen molar-refractivity contribution in [1.82, 2.24) is 15.2 Å². The second-order valence-electron chi connectivity index (χ2n) is 6.57. The average molecular weight is 305 g/mol. The van der Waals surface area contributed by atoms with Gasteiger partial charge >= 0.3 is 0 Å². The summed E-state index contributed by atoms with van der Waals surface area (Å²) < 4.78 is 0. The quantitative estimate of drug-likeness (QED) is 0.649. The Morgan fingerprint density at radius 2 is 1.86 bits per heavy atom. The van der Waals surface area contributed by atoms with Gasteiger partial charge < -0.3 is 15.2 Å². The van der Waals surface area contributed by atoms with Crippen LogP contribution in [0.1, 0.15) is 66.3 Å². The Hall–Kier alpha value is -1.62. The molecule has 1 heterocycles. The predicted octanol–water partition coefficient (Wildman–Crippen LogP) is 2.60. The number of carbonyl (C=O) groups excluding carboxylic acids is 2. The summed E-state index contributed by atoms with van der Waals surface area (Å²) in [6.45, 7) is 2.14. The number of rotatable bonds is 5. The fourth-order valence-corrected chi connectivity index (χ4v) is 3.24. The molecule has 0 aromatic carbocycles. The molecule has 122 valence electrons. The van der Waals surface area contributed by atoms with Crippen LogP contribution in [0.4, 0.5) is 0 Å². The molecule has 0 atom stereocenters. The molecule has 1 saturated carbocycles. The molecule has 2 rings (SSSR count). The Labute approximate surface area is 132 Å². The first kappa shape index (κ1) is 16.7. The summed E-state index contributed by atoms with van der Waals surface area (Å²) in [5.74, 6) is -0.179.